The van der Waals surface area contributed by atoms with Gasteiger partial charge in [0.2, 0.25) is 0 Å². The molecule has 0 radical (unpaired) electrons. The number of hydrogen-bond donors (Lipinski definition) is 1. The van der Waals surface area contributed by atoms with Crippen molar-refractivity contribution in [2.45, 2.75) is 83.6 Å². The molecule has 2 aromatic carbocycles. The molecule has 0 unspecified atom stereocenters. The Kier molecular flexibility index (Phi) is 7.01. The third kappa shape index (κ3) is 5.35. The van der Waals surface area contributed by atoms with Crippen molar-refractivity contribution in [2.24, 2.45) is 5.92 Å². The maximum atomic E-state index is 6.34. The molecular weight excluding hydrogens is 416 g/mol. The summed E-state index contributed by atoms with van der Waals surface area (Å²) in [5.74, 6) is 2.39. The normalized spacial score (nSPS) is 18.4. The van der Waals surface area contributed by atoms with Crippen LogP contribution >= 0.6 is 0 Å². The number of fused-ring (bicyclic) bond motifs is 1. The van der Waals surface area contributed by atoms with Gasteiger partial charge in [-0.2, -0.15) is 0 Å². The van der Waals surface area contributed by atoms with E-state index in [0.717, 1.165) is 37.9 Å². The van der Waals surface area contributed by atoms with Gasteiger partial charge in [0.1, 0.15) is 5.75 Å². The molecule has 0 atom stereocenters. The number of piperidine rings is 1. The van der Waals surface area contributed by atoms with Crippen molar-refractivity contribution in [3.05, 3.63) is 65.4 Å². The maximum Gasteiger partial charge on any atom is 0.121 e. The highest BCUT2D eigenvalue weighted by Crippen LogP contribution is 2.35. The SMILES string of the molecule is CC(C)(C)c1ccc(Cn2cc(C3CCNCC3)c3ccc(OCC4CCCCC4)cc32)cc1. The highest BCUT2D eigenvalue weighted by atomic mass is 16.5. The summed E-state index contributed by atoms with van der Waals surface area (Å²) in [4.78, 5) is 0. The summed E-state index contributed by atoms with van der Waals surface area (Å²) in [7, 11) is 0. The van der Waals surface area contributed by atoms with Crippen molar-refractivity contribution < 1.29 is 4.74 Å². The Labute approximate surface area is 205 Å². The van der Waals surface area contributed by atoms with Gasteiger partial charge in [-0.15, -0.1) is 0 Å². The maximum absolute atomic E-state index is 6.34. The van der Waals surface area contributed by atoms with Crippen LogP contribution in [-0.4, -0.2) is 24.3 Å². The van der Waals surface area contributed by atoms with E-state index in [1.807, 2.05) is 0 Å². The molecular formula is C31H42N2O. The van der Waals surface area contributed by atoms with E-state index in [2.05, 4.69) is 79.3 Å². The van der Waals surface area contributed by atoms with E-state index < -0.39 is 0 Å². The van der Waals surface area contributed by atoms with Gasteiger partial charge >= 0.3 is 0 Å². The van der Waals surface area contributed by atoms with E-state index in [1.165, 1.54) is 72.5 Å². The highest BCUT2D eigenvalue weighted by molar-refractivity contribution is 5.86. The number of aromatic nitrogens is 1. The smallest absolute Gasteiger partial charge is 0.121 e. The minimum atomic E-state index is 0.186. The Balaban J connectivity index is 1.43. The number of nitrogens with one attached hydrogen (secondary N) is 1. The molecule has 0 bridgehead atoms. The number of ether oxygens (including phenoxy) is 1. The number of hydrogen-bond acceptors (Lipinski definition) is 2. The third-order valence-corrected chi connectivity index (χ3v) is 8.05. The molecule has 5 rings (SSSR count). The minimum Gasteiger partial charge on any atom is -0.493 e. The van der Waals surface area contributed by atoms with Gasteiger partial charge in [0, 0.05) is 24.2 Å². The van der Waals surface area contributed by atoms with E-state index in [1.54, 1.807) is 0 Å². The minimum absolute atomic E-state index is 0.186. The zero-order valence-electron chi connectivity index (χ0n) is 21.4. The Morgan fingerprint density at radius 2 is 1.65 bits per heavy atom. The summed E-state index contributed by atoms with van der Waals surface area (Å²) in [5.41, 5.74) is 5.76. The molecule has 0 amide bonds. The fraction of sp³-hybridized carbons (Fsp3) is 0.548. The van der Waals surface area contributed by atoms with Gasteiger partial charge in [0.05, 0.1) is 12.1 Å². The third-order valence-electron chi connectivity index (χ3n) is 8.05. The average molecular weight is 459 g/mol. The molecule has 1 saturated carbocycles. The molecule has 182 valence electrons. The first-order valence-corrected chi connectivity index (χ1v) is 13.5. The van der Waals surface area contributed by atoms with Gasteiger partial charge in [-0.3, -0.25) is 0 Å². The topological polar surface area (TPSA) is 26.2 Å². The second kappa shape index (κ2) is 10.2. The summed E-state index contributed by atoms with van der Waals surface area (Å²) < 4.78 is 8.81. The summed E-state index contributed by atoms with van der Waals surface area (Å²) in [5, 5.41) is 4.93. The second-order valence-corrected chi connectivity index (χ2v) is 11.7. The number of benzene rings is 2. The lowest BCUT2D eigenvalue weighted by atomic mass is 9.87. The first-order chi connectivity index (χ1) is 16.5. The lowest BCUT2D eigenvalue weighted by molar-refractivity contribution is 0.209. The molecule has 3 nitrogen and oxygen atoms in total. The standard InChI is InChI=1S/C31H42N2O/c1-31(2,3)26-11-9-23(10-12-26)20-33-21-29(25-15-17-32-18-16-25)28-14-13-27(19-30(28)33)34-22-24-7-5-4-6-8-24/h9-14,19,21,24-25,32H,4-8,15-18,20,22H2,1-3H3. The van der Waals surface area contributed by atoms with E-state index in [9.17, 15) is 0 Å². The summed E-state index contributed by atoms with van der Waals surface area (Å²) in [6, 6.07) is 16.0. The molecule has 2 heterocycles. The van der Waals surface area contributed by atoms with Crippen molar-refractivity contribution >= 4 is 10.9 Å². The van der Waals surface area contributed by atoms with Crippen LogP contribution in [0.25, 0.3) is 10.9 Å². The van der Waals surface area contributed by atoms with Crippen LogP contribution < -0.4 is 10.1 Å². The quantitative estimate of drug-likeness (QED) is 0.416. The van der Waals surface area contributed by atoms with Crippen LogP contribution in [0.15, 0.2) is 48.7 Å². The van der Waals surface area contributed by atoms with E-state index in [-0.39, 0.29) is 5.41 Å². The summed E-state index contributed by atoms with van der Waals surface area (Å²) in [6.07, 6.45) is 11.6. The first-order valence-electron chi connectivity index (χ1n) is 13.5. The van der Waals surface area contributed by atoms with Gasteiger partial charge in [-0.1, -0.05) is 64.3 Å². The van der Waals surface area contributed by atoms with Gasteiger partial charge in [0.15, 0.2) is 0 Å². The molecule has 2 fully saturated rings. The zero-order chi connectivity index (χ0) is 23.5. The van der Waals surface area contributed by atoms with Crippen molar-refractivity contribution in [1.29, 1.82) is 0 Å². The van der Waals surface area contributed by atoms with Gasteiger partial charge < -0.3 is 14.6 Å². The van der Waals surface area contributed by atoms with Crippen molar-refractivity contribution in [3.63, 3.8) is 0 Å². The fourth-order valence-corrected chi connectivity index (χ4v) is 5.85. The van der Waals surface area contributed by atoms with Gasteiger partial charge in [-0.25, -0.2) is 0 Å². The molecule has 1 N–H and O–H groups in total. The van der Waals surface area contributed by atoms with E-state index in [0.29, 0.717) is 5.92 Å². The Bertz CT molecular complexity index is 1080. The predicted octanol–water partition coefficient (Wildman–Crippen LogP) is 7.41. The van der Waals surface area contributed by atoms with Crippen LogP contribution in [0.2, 0.25) is 0 Å². The first kappa shape index (κ1) is 23.5. The largest absolute Gasteiger partial charge is 0.493 e. The average Bonchev–Trinajstić information content (AvgIpc) is 3.21. The molecule has 3 aromatic rings. The fourth-order valence-electron chi connectivity index (χ4n) is 5.85. The predicted molar refractivity (Wildman–Crippen MR) is 143 cm³/mol. The lowest BCUT2D eigenvalue weighted by Crippen LogP contribution is -2.26. The lowest BCUT2D eigenvalue weighted by Gasteiger charge is -2.22. The molecule has 1 aromatic heterocycles. The Hall–Kier alpha value is -2.26. The highest BCUT2D eigenvalue weighted by Gasteiger charge is 2.21. The van der Waals surface area contributed by atoms with Gasteiger partial charge in [-0.05, 0) is 84.8 Å². The van der Waals surface area contributed by atoms with Crippen LogP contribution in [0.1, 0.15) is 88.3 Å². The second-order valence-electron chi connectivity index (χ2n) is 11.7. The van der Waals surface area contributed by atoms with Crippen LogP contribution in [0.3, 0.4) is 0 Å². The van der Waals surface area contributed by atoms with Crippen molar-refractivity contribution in [1.82, 2.24) is 9.88 Å². The molecule has 34 heavy (non-hydrogen) atoms. The van der Waals surface area contributed by atoms with Crippen molar-refractivity contribution in [3.8, 4) is 5.75 Å². The van der Waals surface area contributed by atoms with Gasteiger partial charge in [0.25, 0.3) is 0 Å². The van der Waals surface area contributed by atoms with Crippen LogP contribution in [0.4, 0.5) is 0 Å². The Morgan fingerprint density at radius 1 is 0.912 bits per heavy atom. The molecule has 3 heteroatoms. The van der Waals surface area contributed by atoms with Crippen LogP contribution in [0.5, 0.6) is 5.75 Å². The molecule has 0 spiro atoms. The zero-order valence-corrected chi connectivity index (χ0v) is 21.4. The van der Waals surface area contributed by atoms with E-state index in [4.69, 9.17) is 4.74 Å². The Morgan fingerprint density at radius 3 is 2.35 bits per heavy atom. The summed E-state index contributed by atoms with van der Waals surface area (Å²) in [6.45, 7) is 10.8. The molecule has 1 aliphatic carbocycles. The summed E-state index contributed by atoms with van der Waals surface area (Å²) >= 11 is 0. The van der Waals surface area contributed by atoms with Crippen LogP contribution in [0, 0.1) is 5.92 Å². The van der Waals surface area contributed by atoms with E-state index >= 15 is 0 Å². The van der Waals surface area contributed by atoms with Crippen molar-refractivity contribution in [2.75, 3.05) is 19.7 Å². The molecule has 2 aliphatic rings. The monoisotopic (exact) mass is 458 g/mol. The molecule has 1 saturated heterocycles. The van der Waals surface area contributed by atoms with Crippen LogP contribution in [-0.2, 0) is 12.0 Å². The number of rotatable bonds is 6. The number of nitrogens with zero attached hydrogens (tertiary/aromatic N) is 1. The molecule has 1 aliphatic heterocycles.